The molecule has 4 amide bonds. The van der Waals surface area contributed by atoms with Gasteiger partial charge >= 0.3 is 6.03 Å². The molecule has 0 unspecified atom stereocenters. The summed E-state index contributed by atoms with van der Waals surface area (Å²) in [5.41, 5.74) is 2.80. The summed E-state index contributed by atoms with van der Waals surface area (Å²) >= 11 is 1.33. The van der Waals surface area contributed by atoms with Crippen LogP contribution in [-0.2, 0) is 15.1 Å². The monoisotopic (exact) mass is 399 g/mol. The number of nitrogens with one attached hydrogen (secondary N) is 2. The highest BCUT2D eigenvalue weighted by Gasteiger charge is 2.50. The first-order valence-electron chi connectivity index (χ1n) is 8.63. The van der Waals surface area contributed by atoms with Crippen LogP contribution in [0.2, 0.25) is 0 Å². The Labute approximate surface area is 167 Å². The number of rotatable bonds is 6. The third-order valence-electron chi connectivity index (χ3n) is 4.47. The molecule has 2 N–H and O–H groups in total. The van der Waals surface area contributed by atoms with Crippen molar-refractivity contribution in [3.05, 3.63) is 59.7 Å². The molecule has 3 rings (SSSR count). The van der Waals surface area contributed by atoms with Gasteiger partial charge in [-0.05, 0) is 43.7 Å². The Morgan fingerprint density at radius 2 is 1.93 bits per heavy atom. The predicted molar refractivity (Wildman–Crippen MR) is 106 cm³/mol. The van der Waals surface area contributed by atoms with E-state index < -0.39 is 23.4 Å². The SMILES string of the molecule is COc1cccc([C@@]2(C)NC(=O)N(NC(=O)CSc3ccc(C)cc3)C2=O)c1. The van der Waals surface area contributed by atoms with Crippen LogP contribution in [0.15, 0.2) is 53.4 Å². The van der Waals surface area contributed by atoms with Crippen LogP contribution in [-0.4, -0.2) is 35.7 Å². The molecule has 1 heterocycles. The topological polar surface area (TPSA) is 87.7 Å². The van der Waals surface area contributed by atoms with Gasteiger partial charge < -0.3 is 10.1 Å². The Bertz CT molecular complexity index is 916. The van der Waals surface area contributed by atoms with Crippen LogP contribution in [0.4, 0.5) is 4.79 Å². The van der Waals surface area contributed by atoms with Gasteiger partial charge in [-0.1, -0.05) is 29.8 Å². The molecule has 2 aromatic carbocycles. The van der Waals surface area contributed by atoms with Gasteiger partial charge in [0.25, 0.3) is 5.91 Å². The van der Waals surface area contributed by atoms with E-state index in [-0.39, 0.29) is 5.75 Å². The number of imide groups is 1. The largest absolute Gasteiger partial charge is 0.497 e. The van der Waals surface area contributed by atoms with Gasteiger partial charge in [0.15, 0.2) is 0 Å². The first kappa shape index (κ1) is 19.8. The Kier molecular flexibility index (Phi) is 5.60. The van der Waals surface area contributed by atoms with Crippen LogP contribution in [0.1, 0.15) is 18.1 Å². The zero-order chi connectivity index (χ0) is 20.3. The highest BCUT2D eigenvalue weighted by Crippen LogP contribution is 2.30. The number of aryl methyl sites for hydroxylation is 1. The quantitative estimate of drug-likeness (QED) is 0.576. The molecule has 0 bridgehead atoms. The molecule has 7 nitrogen and oxygen atoms in total. The molecule has 0 aliphatic carbocycles. The molecule has 8 heteroatoms. The molecule has 1 saturated heterocycles. The van der Waals surface area contributed by atoms with E-state index in [0.29, 0.717) is 11.3 Å². The van der Waals surface area contributed by atoms with Gasteiger partial charge in [0.2, 0.25) is 5.91 Å². The lowest BCUT2D eigenvalue weighted by Gasteiger charge is -2.22. The number of hydrazine groups is 1. The fourth-order valence-corrected chi connectivity index (χ4v) is 3.50. The molecule has 0 radical (unpaired) electrons. The van der Waals surface area contributed by atoms with Crippen molar-refractivity contribution in [1.82, 2.24) is 15.8 Å². The Balaban J connectivity index is 1.67. The second-order valence-electron chi connectivity index (χ2n) is 6.56. The molecule has 0 spiro atoms. The van der Waals surface area contributed by atoms with Crippen molar-refractivity contribution in [1.29, 1.82) is 0 Å². The minimum absolute atomic E-state index is 0.0794. The lowest BCUT2D eigenvalue weighted by molar-refractivity contribution is -0.138. The van der Waals surface area contributed by atoms with Crippen molar-refractivity contribution in [3.63, 3.8) is 0 Å². The fraction of sp³-hybridized carbons (Fsp3) is 0.250. The lowest BCUT2D eigenvalue weighted by Crippen LogP contribution is -2.48. The van der Waals surface area contributed by atoms with E-state index in [0.717, 1.165) is 15.5 Å². The van der Waals surface area contributed by atoms with Gasteiger partial charge in [-0.25, -0.2) is 4.79 Å². The van der Waals surface area contributed by atoms with Crippen LogP contribution in [0.3, 0.4) is 0 Å². The molecular weight excluding hydrogens is 378 g/mol. The minimum atomic E-state index is -1.29. The minimum Gasteiger partial charge on any atom is -0.497 e. The number of thioether (sulfide) groups is 1. The van der Waals surface area contributed by atoms with E-state index in [1.807, 2.05) is 31.2 Å². The first-order chi connectivity index (χ1) is 13.3. The number of hydrogen-bond donors (Lipinski definition) is 2. The maximum absolute atomic E-state index is 12.9. The number of nitrogens with zero attached hydrogens (tertiary/aromatic N) is 1. The first-order valence-corrected chi connectivity index (χ1v) is 9.62. The average molecular weight is 399 g/mol. The Morgan fingerprint density at radius 1 is 1.21 bits per heavy atom. The molecular formula is C20H21N3O4S. The van der Waals surface area contributed by atoms with Crippen molar-refractivity contribution in [2.45, 2.75) is 24.3 Å². The fourth-order valence-electron chi connectivity index (χ4n) is 2.81. The molecule has 0 aromatic heterocycles. The predicted octanol–water partition coefficient (Wildman–Crippen LogP) is 2.59. The van der Waals surface area contributed by atoms with Crippen molar-refractivity contribution in [2.24, 2.45) is 0 Å². The Morgan fingerprint density at radius 3 is 2.61 bits per heavy atom. The van der Waals surface area contributed by atoms with E-state index in [4.69, 9.17) is 4.74 Å². The molecule has 1 fully saturated rings. The summed E-state index contributed by atoms with van der Waals surface area (Å²) in [6, 6.07) is 13.9. The molecule has 1 atom stereocenters. The van der Waals surface area contributed by atoms with Gasteiger partial charge in [0.1, 0.15) is 11.3 Å². The third kappa shape index (κ3) is 3.96. The number of carbonyl (C=O) groups excluding carboxylic acids is 3. The molecule has 2 aromatic rings. The van der Waals surface area contributed by atoms with Crippen molar-refractivity contribution < 1.29 is 19.1 Å². The summed E-state index contributed by atoms with van der Waals surface area (Å²) in [7, 11) is 1.52. The number of carbonyl (C=O) groups is 3. The van der Waals surface area contributed by atoms with Crippen LogP contribution >= 0.6 is 11.8 Å². The van der Waals surface area contributed by atoms with E-state index in [1.54, 1.807) is 31.2 Å². The third-order valence-corrected chi connectivity index (χ3v) is 5.48. The molecule has 28 heavy (non-hydrogen) atoms. The van der Waals surface area contributed by atoms with Crippen LogP contribution in [0.5, 0.6) is 5.75 Å². The molecule has 1 aliphatic heterocycles. The lowest BCUT2D eigenvalue weighted by atomic mass is 9.92. The van der Waals surface area contributed by atoms with Crippen molar-refractivity contribution in [3.8, 4) is 5.75 Å². The van der Waals surface area contributed by atoms with E-state index >= 15 is 0 Å². The van der Waals surface area contributed by atoms with Gasteiger partial charge in [0.05, 0.1) is 12.9 Å². The second kappa shape index (κ2) is 7.93. The van der Waals surface area contributed by atoms with Crippen LogP contribution < -0.4 is 15.5 Å². The van der Waals surface area contributed by atoms with Crippen LogP contribution in [0, 0.1) is 6.92 Å². The number of urea groups is 1. The number of benzene rings is 2. The highest BCUT2D eigenvalue weighted by molar-refractivity contribution is 8.00. The summed E-state index contributed by atoms with van der Waals surface area (Å²) in [6.07, 6.45) is 0. The molecule has 0 saturated carbocycles. The number of amides is 4. The van der Waals surface area contributed by atoms with Gasteiger partial charge in [0, 0.05) is 4.90 Å². The van der Waals surface area contributed by atoms with E-state index in [9.17, 15) is 14.4 Å². The maximum atomic E-state index is 12.9. The van der Waals surface area contributed by atoms with Crippen molar-refractivity contribution in [2.75, 3.05) is 12.9 Å². The van der Waals surface area contributed by atoms with Crippen LogP contribution in [0.25, 0.3) is 0 Å². The standard InChI is InChI=1S/C20H21N3O4S/c1-13-7-9-16(10-8-13)28-12-17(24)22-23-18(25)20(2,21-19(23)26)14-5-4-6-15(11-14)27-3/h4-11H,12H2,1-3H3,(H,21,26)(H,22,24)/t20-/m1/s1. The van der Waals surface area contributed by atoms with Crippen molar-refractivity contribution >= 4 is 29.6 Å². The van der Waals surface area contributed by atoms with Gasteiger partial charge in [-0.2, -0.15) is 5.01 Å². The average Bonchev–Trinajstić information content (AvgIpc) is 2.91. The summed E-state index contributed by atoms with van der Waals surface area (Å²) in [6.45, 7) is 3.58. The zero-order valence-electron chi connectivity index (χ0n) is 15.8. The van der Waals surface area contributed by atoms with E-state index in [1.165, 1.54) is 18.9 Å². The summed E-state index contributed by atoms with van der Waals surface area (Å²) in [4.78, 5) is 38.4. The highest BCUT2D eigenvalue weighted by atomic mass is 32.2. The molecule has 1 aliphatic rings. The number of methoxy groups -OCH3 is 1. The summed E-state index contributed by atoms with van der Waals surface area (Å²) < 4.78 is 5.18. The van der Waals surface area contributed by atoms with Gasteiger partial charge in [-0.3, -0.25) is 15.0 Å². The number of ether oxygens (including phenoxy) is 1. The van der Waals surface area contributed by atoms with Gasteiger partial charge in [-0.15, -0.1) is 11.8 Å². The Hall–Kier alpha value is -3.00. The summed E-state index contributed by atoms with van der Waals surface area (Å²) in [5, 5.41) is 3.38. The molecule has 146 valence electrons. The zero-order valence-corrected chi connectivity index (χ0v) is 16.6. The second-order valence-corrected chi connectivity index (χ2v) is 7.61. The smallest absolute Gasteiger partial charge is 0.344 e. The summed E-state index contributed by atoms with van der Waals surface area (Å²) in [5.74, 6) is -0.350. The van der Waals surface area contributed by atoms with E-state index in [2.05, 4.69) is 10.7 Å². The maximum Gasteiger partial charge on any atom is 0.344 e. The normalized spacial score (nSPS) is 18.8. The number of hydrogen-bond acceptors (Lipinski definition) is 5.